The number of Topliss-reactive ketones (excluding diaryl/α,β-unsaturated/α-hetero) is 1. The summed E-state index contributed by atoms with van der Waals surface area (Å²) >= 11 is 0. The summed E-state index contributed by atoms with van der Waals surface area (Å²) in [7, 11) is 0. The van der Waals surface area contributed by atoms with E-state index in [1.165, 1.54) is 15.5 Å². The van der Waals surface area contributed by atoms with Crippen LogP contribution in [0, 0.1) is 13.8 Å². The van der Waals surface area contributed by atoms with E-state index >= 15 is 0 Å². The molecule has 0 saturated carbocycles. The predicted octanol–water partition coefficient (Wildman–Crippen LogP) is 3.03. The molecule has 1 atom stereocenters. The van der Waals surface area contributed by atoms with Crippen LogP contribution in [0.1, 0.15) is 34.3 Å². The van der Waals surface area contributed by atoms with Crippen LogP contribution in [-0.4, -0.2) is 37.2 Å². The van der Waals surface area contributed by atoms with Crippen molar-refractivity contribution in [2.75, 3.05) is 6.61 Å². The quantitative estimate of drug-likeness (QED) is 0.415. The first-order chi connectivity index (χ1) is 16.4. The molecule has 174 valence electrons. The smallest absolute Gasteiger partial charge is 0.337 e. The average molecular weight is 459 g/mol. The first-order valence-electron chi connectivity index (χ1n) is 11.4. The van der Waals surface area contributed by atoms with Gasteiger partial charge >= 0.3 is 5.69 Å². The maximum absolute atomic E-state index is 13.6. The first-order valence-corrected chi connectivity index (χ1v) is 11.4. The van der Waals surface area contributed by atoms with Crippen molar-refractivity contribution in [2.24, 2.45) is 0 Å². The van der Waals surface area contributed by atoms with E-state index in [0.29, 0.717) is 17.9 Å². The maximum atomic E-state index is 13.6. The molecule has 8 nitrogen and oxygen atoms in total. The summed E-state index contributed by atoms with van der Waals surface area (Å²) in [6, 6.07) is 14.8. The van der Waals surface area contributed by atoms with Crippen LogP contribution >= 0.6 is 0 Å². The summed E-state index contributed by atoms with van der Waals surface area (Å²) < 4.78 is 9.94. The number of ketones is 1. The Morgan fingerprint density at radius 2 is 1.85 bits per heavy atom. The zero-order valence-corrected chi connectivity index (χ0v) is 19.2. The van der Waals surface area contributed by atoms with Crippen LogP contribution in [0.2, 0.25) is 0 Å². The van der Waals surface area contributed by atoms with Crippen molar-refractivity contribution in [3.63, 3.8) is 0 Å². The van der Waals surface area contributed by atoms with Crippen molar-refractivity contribution in [2.45, 2.75) is 45.9 Å². The van der Waals surface area contributed by atoms with Gasteiger partial charge in [-0.15, -0.1) is 0 Å². The van der Waals surface area contributed by atoms with Gasteiger partial charge in [0.15, 0.2) is 16.9 Å². The lowest BCUT2D eigenvalue weighted by molar-refractivity contribution is 0.0947. The molecule has 2 aromatic heterocycles. The summed E-state index contributed by atoms with van der Waals surface area (Å²) in [6.45, 7) is 4.59. The number of aryl methyl sites for hydroxylation is 2. The zero-order chi connectivity index (χ0) is 23.8. The molecule has 1 aliphatic rings. The molecule has 8 heteroatoms. The van der Waals surface area contributed by atoms with Gasteiger partial charge in [0.1, 0.15) is 0 Å². The molecule has 2 aromatic carbocycles. The summed E-state index contributed by atoms with van der Waals surface area (Å²) in [5.41, 5.74) is 2.67. The molecule has 34 heavy (non-hydrogen) atoms. The summed E-state index contributed by atoms with van der Waals surface area (Å²) in [5.74, 6) is -0.141. The van der Waals surface area contributed by atoms with Gasteiger partial charge in [0.2, 0.25) is 0 Å². The Labute approximate surface area is 196 Å². The molecule has 0 unspecified atom stereocenters. The highest BCUT2D eigenvalue weighted by Crippen LogP contribution is 2.18. The monoisotopic (exact) mass is 458 g/mol. The van der Waals surface area contributed by atoms with Crippen molar-refractivity contribution < 1.29 is 9.53 Å². The fraction of sp³-hybridized carbons (Fsp3) is 0.308. The number of para-hydroxylation sites is 1. The van der Waals surface area contributed by atoms with E-state index in [1.807, 2.05) is 50.2 Å². The molecule has 3 heterocycles. The second kappa shape index (κ2) is 8.87. The van der Waals surface area contributed by atoms with Crippen molar-refractivity contribution >= 4 is 16.9 Å². The molecule has 0 amide bonds. The maximum Gasteiger partial charge on any atom is 0.337 e. The lowest BCUT2D eigenvalue weighted by Gasteiger charge is -2.16. The van der Waals surface area contributed by atoms with Crippen LogP contribution in [0.4, 0.5) is 0 Å². The normalized spacial score (nSPS) is 15.8. The van der Waals surface area contributed by atoms with Gasteiger partial charge in [-0.05, 0) is 38.3 Å². The Hall–Kier alpha value is -3.78. The number of ether oxygens (including phenoxy) is 1. The van der Waals surface area contributed by atoms with Gasteiger partial charge in [-0.2, -0.15) is 0 Å². The first kappa shape index (κ1) is 22.0. The zero-order valence-electron chi connectivity index (χ0n) is 19.2. The van der Waals surface area contributed by atoms with Gasteiger partial charge in [-0.1, -0.05) is 48.0 Å². The topological polar surface area (TPSA) is 88.1 Å². The minimum atomic E-state index is -0.463. The summed E-state index contributed by atoms with van der Waals surface area (Å²) in [4.78, 5) is 44.5. The Morgan fingerprint density at radius 1 is 1.09 bits per heavy atom. The summed E-state index contributed by atoms with van der Waals surface area (Å²) in [5, 5.41) is 0. The van der Waals surface area contributed by atoms with Crippen LogP contribution in [0.5, 0.6) is 0 Å². The van der Waals surface area contributed by atoms with Crippen LogP contribution in [0.25, 0.3) is 16.9 Å². The number of imidazole rings is 1. The number of rotatable bonds is 6. The molecule has 0 N–H and O–H groups in total. The minimum Gasteiger partial charge on any atom is -0.376 e. The van der Waals surface area contributed by atoms with Crippen LogP contribution in [0.15, 0.2) is 64.4 Å². The van der Waals surface area contributed by atoms with E-state index in [-0.39, 0.29) is 36.1 Å². The molecular weight excluding hydrogens is 432 g/mol. The second-order valence-corrected chi connectivity index (χ2v) is 8.79. The summed E-state index contributed by atoms with van der Waals surface area (Å²) in [6.07, 6.45) is 2.96. The Balaban J connectivity index is 1.68. The van der Waals surface area contributed by atoms with E-state index in [0.717, 1.165) is 24.0 Å². The molecule has 0 radical (unpaired) electrons. The largest absolute Gasteiger partial charge is 0.376 e. The Kier molecular flexibility index (Phi) is 5.75. The number of carbonyl (C=O) groups excluding carboxylic acids is 1. The highest BCUT2D eigenvalue weighted by Gasteiger charge is 2.24. The van der Waals surface area contributed by atoms with Crippen molar-refractivity contribution in [3.8, 4) is 5.69 Å². The van der Waals surface area contributed by atoms with Crippen molar-refractivity contribution in [1.29, 1.82) is 0 Å². The van der Waals surface area contributed by atoms with E-state index in [2.05, 4.69) is 4.98 Å². The third kappa shape index (κ3) is 3.90. The predicted molar refractivity (Wildman–Crippen MR) is 129 cm³/mol. The molecule has 1 aliphatic heterocycles. The third-order valence-electron chi connectivity index (χ3n) is 6.35. The van der Waals surface area contributed by atoms with Gasteiger partial charge in [-0.25, -0.2) is 14.3 Å². The van der Waals surface area contributed by atoms with Gasteiger partial charge in [0.25, 0.3) is 5.56 Å². The molecule has 4 aromatic rings. The SMILES string of the molecule is Cc1ccc(C(=O)Cn2cnc3c2c(=O)n(C[C@@H]2CCCO2)c(=O)n3-c2ccccc2C)cc1. The molecule has 1 saturated heterocycles. The lowest BCUT2D eigenvalue weighted by atomic mass is 10.1. The average Bonchev–Trinajstić information content (AvgIpc) is 3.49. The Morgan fingerprint density at radius 3 is 2.56 bits per heavy atom. The third-order valence-corrected chi connectivity index (χ3v) is 6.35. The number of carbonyl (C=O) groups is 1. The number of aromatic nitrogens is 4. The molecule has 0 bridgehead atoms. The molecule has 1 fully saturated rings. The number of fused-ring (bicyclic) bond motifs is 1. The number of hydrogen-bond donors (Lipinski definition) is 0. The highest BCUT2D eigenvalue weighted by molar-refractivity contribution is 5.96. The van der Waals surface area contributed by atoms with Crippen LogP contribution in [0.3, 0.4) is 0 Å². The number of hydrogen-bond acceptors (Lipinski definition) is 5. The fourth-order valence-electron chi connectivity index (χ4n) is 4.47. The van der Waals surface area contributed by atoms with E-state index in [9.17, 15) is 14.4 Å². The Bertz CT molecular complexity index is 1490. The van der Waals surface area contributed by atoms with Gasteiger partial charge in [-0.3, -0.25) is 14.2 Å². The second-order valence-electron chi connectivity index (χ2n) is 8.79. The number of benzene rings is 2. The fourth-order valence-corrected chi connectivity index (χ4v) is 4.47. The number of nitrogens with zero attached hydrogens (tertiary/aromatic N) is 4. The van der Waals surface area contributed by atoms with E-state index in [1.54, 1.807) is 16.7 Å². The van der Waals surface area contributed by atoms with Gasteiger partial charge in [0, 0.05) is 12.2 Å². The molecule has 0 aliphatic carbocycles. The standard InChI is InChI=1S/C26H26N4O4/c1-17-9-11-19(12-10-17)22(31)15-28-16-27-24-23(28)25(32)29(14-20-7-5-13-34-20)26(33)30(24)21-8-4-3-6-18(21)2/h3-4,6,8-12,16,20H,5,7,13-15H2,1-2H3/t20-/m0/s1. The van der Waals surface area contributed by atoms with E-state index < -0.39 is 11.2 Å². The van der Waals surface area contributed by atoms with Crippen molar-refractivity contribution in [3.05, 3.63) is 92.4 Å². The van der Waals surface area contributed by atoms with Gasteiger partial charge in [0.05, 0.1) is 31.2 Å². The van der Waals surface area contributed by atoms with E-state index in [4.69, 9.17) is 4.74 Å². The van der Waals surface area contributed by atoms with Gasteiger partial charge < -0.3 is 9.30 Å². The lowest BCUT2D eigenvalue weighted by Crippen LogP contribution is -2.42. The molecular formula is C26H26N4O4. The highest BCUT2D eigenvalue weighted by atomic mass is 16.5. The minimum absolute atomic E-state index is 0.0549. The van der Waals surface area contributed by atoms with Crippen LogP contribution in [-0.2, 0) is 17.8 Å². The van der Waals surface area contributed by atoms with Crippen LogP contribution < -0.4 is 11.2 Å². The van der Waals surface area contributed by atoms with Crippen molar-refractivity contribution in [1.82, 2.24) is 18.7 Å². The molecule has 5 rings (SSSR count). The molecule has 0 spiro atoms.